The number of likely N-dealkylation sites (tertiary alicyclic amines) is 1. The summed E-state index contributed by atoms with van der Waals surface area (Å²) in [6, 6.07) is 5.86. The number of ether oxygens (including phenoxy) is 2. The lowest BCUT2D eigenvalue weighted by Gasteiger charge is -2.24. The topological polar surface area (TPSA) is 52.0 Å². The highest BCUT2D eigenvalue weighted by Crippen LogP contribution is 2.32. The van der Waals surface area contributed by atoms with E-state index in [-0.39, 0.29) is 11.9 Å². The Labute approximate surface area is 131 Å². The number of hydrogen-bond donors (Lipinski definition) is 2. The van der Waals surface area contributed by atoms with Crippen LogP contribution in [0.3, 0.4) is 0 Å². The molecule has 5 nitrogen and oxygen atoms in total. The van der Waals surface area contributed by atoms with Crippen molar-refractivity contribution in [3.05, 3.63) is 23.8 Å². The first-order chi connectivity index (χ1) is 10.7. The molecule has 0 unspecified atom stereocenters. The Balaban J connectivity index is 1.56. The van der Waals surface area contributed by atoms with Crippen molar-refractivity contribution in [1.82, 2.24) is 5.32 Å². The second kappa shape index (κ2) is 7.01. The first-order valence-corrected chi connectivity index (χ1v) is 8.25. The Morgan fingerprint density at radius 1 is 1.18 bits per heavy atom. The number of carbonyl (C=O) groups excluding carboxylic acids is 1. The molecule has 0 bridgehead atoms. The van der Waals surface area contributed by atoms with E-state index in [9.17, 15) is 4.79 Å². The van der Waals surface area contributed by atoms with Gasteiger partial charge in [-0.15, -0.1) is 0 Å². The monoisotopic (exact) mass is 305 g/mol. The molecule has 1 aromatic rings. The molecule has 2 aliphatic rings. The zero-order valence-electron chi connectivity index (χ0n) is 13.2. The van der Waals surface area contributed by atoms with Crippen LogP contribution < -0.4 is 19.7 Å². The van der Waals surface area contributed by atoms with Gasteiger partial charge in [0.05, 0.1) is 19.1 Å². The third kappa shape index (κ3) is 3.71. The molecule has 1 fully saturated rings. The van der Waals surface area contributed by atoms with Gasteiger partial charge in [-0.25, -0.2) is 0 Å². The Kier molecular flexibility index (Phi) is 4.83. The average Bonchev–Trinajstić information content (AvgIpc) is 2.55. The largest absolute Gasteiger partial charge is 0.486 e. The number of quaternary nitrogens is 1. The van der Waals surface area contributed by atoms with Crippen LogP contribution in [-0.2, 0) is 4.79 Å². The van der Waals surface area contributed by atoms with E-state index < -0.39 is 0 Å². The van der Waals surface area contributed by atoms with Crippen molar-refractivity contribution in [2.75, 3.05) is 32.8 Å². The van der Waals surface area contributed by atoms with Gasteiger partial charge in [-0.05, 0) is 43.9 Å². The van der Waals surface area contributed by atoms with Crippen molar-refractivity contribution < 1.29 is 19.2 Å². The highest BCUT2D eigenvalue weighted by molar-refractivity contribution is 5.77. The number of rotatable bonds is 4. The van der Waals surface area contributed by atoms with Gasteiger partial charge in [-0.2, -0.15) is 0 Å². The van der Waals surface area contributed by atoms with Crippen LogP contribution in [-0.4, -0.2) is 38.8 Å². The molecule has 1 atom stereocenters. The molecule has 1 saturated heterocycles. The van der Waals surface area contributed by atoms with Crippen molar-refractivity contribution in [2.45, 2.75) is 32.2 Å². The molecule has 1 aromatic carbocycles. The van der Waals surface area contributed by atoms with Crippen LogP contribution in [0.1, 0.15) is 37.8 Å². The summed E-state index contributed by atoms with van der Waals surface area (Å²) in [7, 11) is 0. The molecular formula is C17H25N2O3+. The predicted molar refractivity (Wildman–Crippen MR) is 83.4 cm³/mol. The molecule has 0 radical (unpaired) electrons. The predicted octanol–water partition coefficient (Wildman–Crippen LogP) is 0.704. The molecule has 1 amide bonds. The lowest BCUT2D eigenvalue weighted by Crippen LogP contribution is -3.13. The maximum absolute atomic E-state index is 12.2. The molecule has 2 aliphatic heterocycles. The van der Waals surface area contributed by atoms with Crippen molar-refractivity contribution in [3.63, 3.8) is 0 Å². The summed E-state index contributed by atoms with van der Waals surface area (Å²) in [5.74, 6) is 1.68. The van der Waals surface area contributed by atoms with E-state index >= 15 is 0 Å². The van der Waals surface area contributed by atoms with Gasteiger partial charge in [0, 0.05) is 0 Å². The lowest BCUT2D eigenvalue weighted by molar-refractivity contribution is -0.896. The quantitative estimate of drug-likeness (QED) is 0.861. The van der Waals surface area contributed by atoms with E-state index in [0.29, 0.717) is 19.8 Å². The van der Waals surface area contributed by atoms with Gasteiger partial charge in [-0.3, -0.25) is 4.79 Å². The number of benzene rings is 1. The van der Waals surface area contributed by atoms with Crippen molar-refractivity contribution in [2.24, 2.45) is 0 Å². The van der Waals surface area contributed by atoms with Gasteiger partial charge in [0.2, 0.25) is 0 Å². The third-order valence-electron chi connectivity index (χ3n) is 4.41. The van der Waals surface area contributed by atoms with Crippen LogP contribution in [0.5, 0.6) is 11.5 Å². The summed E-state index contributed by atoms with van der Waals surface area (Å²) in [4.78, 5) is 13.6. The SMILES string of the molecule is C[C@H](NC(=O)C[NH+]1CCCCC1)c1ccc2c(c1)OCCO2. The van der Waals surface area contributed by atoms with E-state index in [1.54, 1.807) is 0 Å². The maximum atomic E-state index is 12.2. The molecule has 2 heterocycles. The van der Waals surface area contributed by atoms with Gasteiger partial charge in [0.25, 0.3) is 5.91 Å². The number of nitrogens with one attached hydrogen (secondary N) is 2. The molecule has 0 aliphatic carbocycles. The third-order valence-corrected chi connectivity index (χ3v) is 4.41. The number of hydrogen-bond acceptors (Lipinski definition) is 3. The van der Waals surface area contributed by atoms with Gasteiger partial charge < -0.3 is 19.7 Å². The zero-order chi connectivity index (χ0) is 15.4. The standard InChI is InChI=1S/C17H24N2O3/c1-13(18-17(20)12-19-7-3-2-4-8-19)14-5-6-15-16(11-14)22-10-9-21-15/h5-6,11,13H,2-4,7-10,12H2,1H3,(H,18,20)/p+1/t13-/m0/s1. The fourth-order valence-electron chi connectivity index (χ4n) is 3.16. The molecule has 2 N–H and O–H groups in total. The molecule has 120 valence electrons. The normalized spacial score (nSPS) is 19.5. The molecule has 22 heavy (non-hydrogen) atoms. The summed E-state index contributed by atoms with van der Waals surface area (Å²) in [5.41, 5.74) is 1.05. The van der Waals surface area contributed by atoms with E-state index in [2.05, 4.69) is 5.32 Å². The fourth-order valence-corrected chi connectivity index (χ4v) is 3.16. The molecule has 0 aromatic heterocycles. The number of amides is 1. The Hall–Kier alpha value is -1.75. The van der Waals surface area contributed by atoms with Crippen LogP contribution in [0.4, 0.5) is 0 Å². The molecule has 5 heteroatoms. The van der Waals surface area contributed by atoms with Crippen molar-refractivity contribution in [1.29, 1.82) is 0 Å². The second-order valence-corrected chi connectivity index (χ2v) is 6.18. The highest BCUT2D eigenvalue weighted by atomic mass is 16.6. The van der Waals surface area contributed by atoms with E-state index in [0.717, 1.165) is 30.2 Å². The first-order valence-electron chi connectivity index (χ1n) is 8.25. The second-order valence-electron chi connectivity index (χ2n) is 6.18. The van der Waals surface area contributed by atoms with E-state index in [1.165, 1.54) is 24.2 Å². The molecule has 0 saturated carbocycles. The number of fused-ring (bicyclic) bond motifs is 1. The highest BCUT2D eigenvalue weighted by Gasteiger charge is 2.20. The van der Waals surface area contributed by atoms with Crippen molar-refractivity contribution in [3.8, 4) is 11.5 Å². The van der Waals surface area contributed by atoms with E-state index in [4.69, 9.17) is 9.47 Å². The lowest BCUT2D eigenvalue weighted by atomic mass is 10.1. The van der Waals surface area contributed by atoms with Crippen LogP contribution in [0.2, 0.25) is 0 Å². The van der Waals surface area contributed by atoms with Gasteiger partial charge in [0.15, 0.2) is 18.0 Å². The number of carbonyl (C=O) groups is 1. The summed E-state index contributed by atoms with van der Waals surface area (Å²) in [6.07, 6.45) is 3.78. The minimum Gasteiger partial charge on any atom is -0.486 e. The Bertz CT molecular complexity index is 527. The summed E-state index contributed by atoms with van der Waals surface area (Å²) in [6.45, 7) is 5.99. The van der Waals surface area contributed by atoms with Gasteiger partial charge in [0.1, 0.15) is 13.2 Å². The minimum absolute atomic E-state index is 0.0208. The van der Waals surface area contributed by atoms with E-state index in [1.807, 2.05) is 25.1 Å². The Morgan fingerprint density at radius 3 is 2.68 bits per heavy atom. The summed E-state index contributed by atoms with van der Waals surface area (Å²) in [5, 5.41) is 3.09. The van der Waals surface area contributed by atoms with Gasteiger partial charge >= 0.3 is 0 Å². The zero-order valence-corrected chi connectivity index (χ0v) is 13.2. The summed E-state index contributed by atoms with van der Waals surface area (Å²) < 4.78 is 11.1. The van der Waals surface area contributed by atoms with Crippen LogP contribution in [0.25, 0.3) is 0 Å². The van der Waals surface area contributed by atoms with Gasteiger partial charge in [-0.1, -0.05) is 6.07 Å². The maximum Gasteiger partial charge on any atom is 0.275 e. The van der Waals surface area contributed by atoms with Crippen LogP contribution in [0, 0.1) is 0 Å². The number of piperidine rings is 1. The first kappa shape index (κ1) is 15.2. The van der Waals surface area contributed by atoms with Crippen LogP contribution >= 0.6 is 0 Å². The molecule has 3 rings (SSSR count). The van der Waals surface area contributed by atoms with Crippen LogP contribution in [0.15, 0.2) is 18.2 Å². The smallest absolute Gasteiger partial charge is 0.275 e. The summed E-state index contributed by atoms with van der Waals surface area (Å²) >= 11 is 0. The van der Waals surface area contributed by atoms with Crippen molar-refractivity contribution >= 4 is 5.91 Å². The fraction of sp³-hybridized carbons (Fsp3) is 0.588. The average molecular weight is 305 g/mol. The minimum atomic E-state index is -0.0208. The molecule has 0 spiro atoms. The Morgan fingerprint density at radius 2 is 1.91 bits per heavy atom. The molecular weight excluding hydrogens is 280 g/mol.